The van der Waals surface area contributed by atoms with Crippen LogP contribution in [0.2, 0.25) is 0 Å². The summed E-state index contributed by atoms with van der Waals surface area (Å²) < 4.78 is 20.4. The Labute approximate surface area is 180 Å². The predicted molar refractivity (Wildman–Crippen MR) is 114 cm³/mol. The van der Waals surface area contributed by atoms with Crippen molar-refractivity contribution < 1.29 is 23.5 Å². The van der Waals surface area contributed by atoms with Gasteiger partial charge in [-0.05, 0) is 42.0 Å². The quantitative estimate of drug-likeness (QED) is 0.625. The molecule has 3 amide bonds. The summed E-state index contributed by atoms with van der Waals surface area (Å²) in [6.45, 7) is 1.77. The highest BCUT2D eigenvalue weighted by molar-refractivity contribution is 9.15. The van der Waals surface area contributed by atoms with Gasteiger partial charge in [0.1, 0.15) is 11.9 Å². The van der Waals surface area contributed by atoms with E-state index < -0.39 is 23.9 Å². The minimum atomic E-state index is -0.600. The molecule has 156 valence electrons. The van der Waals surface area contributed by atoms with E-state index in [1.807, 2.05) is 0 Å². The van der Waals surface area contributed by atoms with Crippen LogP contribution in [0, 0.1) is 5.82 Å². The molecule has 0 aliphatic carbocycles. The molecule has 1 aliphatic rings. The molecule has 3 rings (SSSR count). The van der Waals surface area contributed by atoms with E-state index in [1.54, 1.807) is 36.4 Å². The van der Waals surface area contributed by atoms with Gasteiger partial charge in [-0.25, -0.2) is 9.18 Å². The lowest BCUT2D eigenvalue weighted by atomic mass is 10.1. The van der Waals surface area contributed by atoms with Gasteiger partial charge >= 0.3 is 6.09 Å². The Morgan fingerprint density at radius 1 is 1.30 bits per heavy atom. The van der Waals surface area contributed by atoms with Crippen LogP contribution in [0.3, 0.4) is 0 Å². The number of hydrogen-bond donors (Lipinski definition) is 2. The minimum Gasteiger partial charge on any atom is -0.442 e. The summed E-state index contributed by atoms with van der Waals surface area (Å²) in [6.07, 6.45) is 0.467. The van der Waals surface area contributed by atoms with E-state index >= 15 is 0 Å². The van der Waals surface area contributed by atoms with E-state index in [0.717, 1.165) is 0 Å². The molecule has 0 spiro atoms. The summed E-state index contributed by atoms with van der Waals surface area (Å²) in [7, 11) is 0. The number of nitrogens with one attached hydrogen (secondary N) is 1. The fourth-order valence-electron chi connectivity index (χ4n) is 2.94. The summed E-state index contributed by atoms with van der Waals surface area (Å²) in [6, 6.07) is 11.0. The number of amides is 3. The number of ether oxygens (including phenoxy) is 1. The van der Waals surface area contributed by atoms with Gasteiger partial charge in [0.05, 0.1) is 18.8 Å². The molecule has 2 aromatic carbocycles. The Kier molecular flexibility index (Phi) is 6.51. The van der Waals surface area contributed by atoms with Crippen molar-refractivity contribution >= 4 is 50.1 Å². The second kappa shape index (κ2) is 9.08. The molecule has 3 N–H and O–H groups in total. The van der Waals surface area contributed by atoms with Crippen LogP contribution in [-0.2, 0) is 9.53 Å². The number of halogens is 2. The lowest BCUT2D eigenvalue weighted by Crippen LogP contribution is -2.33. The van der Waals surface area contributed by atoms with Crippen molar-refractivity contribution in [1.82, 2.24) is 5.32 Å². The molecule has 30 heavy (non-hydrogen) atoms. The molecular formula is C21H19BrFN3O4. The van der Waals surface area contributed by atoms with E-state index in [2.05, 4.69) is 21.2 Å². The third kappa shape index (κ3) is 5.04. The van der Waals surface area contributed by atoms with Gasteiger partial charge in [-0.1, -0.05) is 28.1 Å². The van der Waals surface area contributed by atoms with Gasteiger partial charge in [-0.3, -0.25) is 14.5 Å². The van der Waals surface area contributed by atoms with Crippen molar-refractivity contribution in [3.05, 3.63) is 65.0 Å². The zero-order valence-electron chi connectivity index (χ0n) is 16.0. The first-order valence-electron chi connectivity index (χ1n) is 9.04. The monoisotopic (exact) mass is 475 g/mol. The van der Waals surface area contributed by atoms with Crippen LogP contribution < -0.4 is 16.0 Å². The van der Waals surface area contributed by atoms with Crippen LogP contribution in [0.4, 0.5) is 14.9 Å². The maximum atomic E-state index is 14.7. The molecule has 2 aromatic rings. The average molecular weight is 476 g/mol. The second-order valence-electron chi connectivity index (χ2n) is 6.70. The van der Waals surface area contributed by atoms with E-state index in [1.165, 1.54) is 24.0 Å². The number of primary amides is 1. The SMILES string of the molecule is CC(=O)NC[C@H]1CN(c2ccc(/C=C(\Br)c3cccc(C(N)=O)c3)c(F)c2)C(=O)O1. The van der Waals surface area contributed by atoms with Gasteiger partial charge in [0.15, 0.2) is 0 Å². The van der Waals surface area contributed by atoms with E-state index in [-0.39, 0.29) is 24.6 Å². The number of cyclic esters (lactones) is 1. The number of carbonyl (C=O) groups excluding carboxylic acids is 3. The number of rotatable bonds is 6. The third-order valence-electron chi connectivity index (χ3n) is 4.45. The number of nitrogens with zero attached hydrogens (tertiary/aromatic N) is 1. The van der Waals surface area contributed by atoms with Gasteiger partial charge in [0.2, 0.25) is 11.8 Å². The van der Waals surface area contributed by atoms with Crippen molar-refractivity contribution in [2.24, 2.45) is 5.73 Å². The van der Waals surface area contributed by atoms with Gasteiger partial charge in [0.25, 0.3) is 0 Å². The van der Waals surface area contributed by atoms with Crippen molar-refractivity contribution in [1.29, 1.82) is 0 Å². The van der Waals surface area contributed by atoms with Crippen LogP contribution in [0.5, 0.6) is 0 Å². The molecule has 1 saturated heterocycles. The fraction of sp³-hybridized carbons (Fsp3) is 0.190. The zero-order valence-corrected chi connectivity index (χ0v) is 17.6. The smallest absolute Gasteiger partial charge is 0.414 e. The third-order valence-corrected chi connectivity index (χ3v) is 5.14. The number of hydrogen-bond acceptors (Lipinski definition) is 4. The lowest BCUT2D eigenvalue weighted by Gasteiger charge is -2.14. The normalized spacial score (nSPS) is 16.4. The van der Waals surface area contributed by atoms with Crippen molar-refractivity contribution in [3.63, 3.8) is 0 Å². The first kappa shape index (κ1) is 21.5. The lowest BCUT2D eigenvalue weighted by molar-refractivity contribution is -0.119. The van der Waals surface area contributed by atoms with Crippen molar-refractivity contribution in [2.45, 2.75) is 13.0 Å². The first-order chi connectivity index (χ1) is 14.2. The molecule has 0 unspecified atom stereocenters. The van der Waals surface area contributed by atoms with Crippen molar-refractivity contribution in [2.75, 3.05) is 18.0 Å². The molecule has 1 fully saturated rings. The van der Waals surface area contributed by atoms with Gasteiger partial charge < -0.3 is 15.8 Å². The van der Waals surface area contributed by atoms with Gasteiger partial charge in [-0.15, -0.1) is 0 Å². The molecular weight excluding hydrogens is 457 g/mol. The molecule has 9 heteroatoms. The fourth-order valence-corrected chi connectivity index (χ4v) is 3.43. The predicted octanol–water partition coefficient (Wildman–Crippen LogP) is 3.28. The second-order valence-corrected chi connectivity index (χ2v) is 7.55. The van der Waals surface area contributed by atoms with E-state index in [4.69, 9.17) is 10.5 Å². The Bertz CT molecular complexity index is 1040. The molecule has 0 bridgehead atoms. The number of anilines is 1. The molecule has 1 atom stereocenters. The Hall–Kier alpha value is -3.20. The maximum Gasteiger partial charge on any atom is 0.414 e. The first-order valence-corrected chi connectivity index (χ1v) is 9.83. The molecule has 7 nitrogen and oxygen atoms in total. The summed E-state index contributed by atoms with van der Waals surface area (Å²) in [5.41, 5.74) is 6.94. The Morgan fingerprint density at radius 2 is 2.03 bits per heavy atom. The van der Waals surface area contributed by atoms with Crippen LogP contribution in [0.1, 0.15) is 28.4 Å². The Morgan fingerprint density at radius 3 is 2.70 bits per heavy atom. The molecule has 0 radical (unpaired) electrons. The topological polar surface area (TPSA) is 102 Å². The molecule has 1 aliphatic heterocycles. The number of nitrogens with two attached hydrogens (primary N) is 1. The number of carbonyl (C=O) groups is 3. The molecule has 0 saturated carbocycles. The standard InChI is InChI=1S/C21H19BrFN3O4/c1-12(27)25-10-17-11-26(21(29)30-17)16-6-5-14(19(23)9-16)8-18(22)13-3-2-4-15(7-13)20(24)28/h2-9,17H,10-11H2,1H3,(H2,24,28)(H,25,27)/b18-8-/t17-/m0/s1. The largest absolute Gasteiger partial charge is 0.442 e. The van der Waals surface area contributed by atoms with Crippen LogP contribution in [-0.4, -0.2) is 37.1 Å². The van der Waals surface area contributed by atoms with Crippen LogP contribution >= 0.6 is 15.9 Å². The summed E-state index contributed by atoms with van der Waals surface area (Å²) in [5.74, 6) is -1.31. The number of benzene rings is 2. The van der Waals surface area contributed by atoms with Gasteiger partial charge in [-0.2, -0.15) is 0 Å². The minimum absolute atomic E-state index is 0.193. The van der Waals surface area contributed by atoms with Gasteiger partial charge in [0, 0.05) is 22.5 Å². The summed E-state index contributed by atoms with van der Waals surface area (Å²) in [5, 5.41) is 2.59. The molecule has 1 heterocycles. The summed E-state index contributed by atoms with van der Waals surface area (Å²) >= 11 is 3.39. The summed E-state index contributed by atoms with van der Waals surface area (Å²) in [4.78, 5) is 35.8. The van der Waals surface area contributed by atoms with Crippen LogP contribution in [0.15, 0.2) is 42.5 Å². The van der Waals surface area contributed by atoms with E-state index in [9.17, 15) is 18.8 Å². The highest BCUT2D eigenvalue weighted by Gasteiger charge is 2.32. The van der Waals surface area contributed by atoms with E-state index in [0.29, 0.717) is 21.3 Å². The Balaban J connectivity index is 1.78. The zero-order chi connectivity index (χ0) is 21.8. The van der Waals surface area contributed by atoms with Crippen LogP contribution in [0.25, 0.3) is 10.6 Å². The molecule has 0 aromatic heterocycles. The highest BCUT2D eigenvalue weighted by atomic mass is 79.9. The highest BCUT2D eigenvalue weighted by Crippen LogP contribution is 2.29. The average Bonchev–Trinajstić information content (AvgIpc) is 3.08. The van der Waals surface area contributed by atoms with Crippen molar-refractivity contribution in [3.8, 4) is 0 Å². The maximum absolute atomic E-state index is 14.7.